The fraction of sp³-hybridized carbons (Fsp3) is 0.333. The SMILES string of the molecule is Cc1ccc(Oc2ccc(CNC(C)(C)C)cc2)c(Cl)c1. The van der Waals surface area contributed by atoms with Gasteiger partial charge in [0, 0.05) is 12.1 Å². The Morgan fingerprint density at radius 2 is 1.71 bits per heavy atom. The molecule has 0 atom stereocenters. The van der Waals surface area contributed by atoms with Gasteiger partial charge in [-0.1, -0.05) is 29.8 Å². The Kier molecular flexibility index (Phi) is 4.92. The van der Waals surface area contributed by atoms with Crippen molar-refractivity contribution in [2.75, 3.05) is 0 Å². The van der Waals surface area contributed by atoms with Crippen molar-refractivity contribution >= 4 is 11.6 Å². The van der Waals surface area contributed by atoms with E-state index in [1.165, 1.54) is 5.56 Å². The van der Waals surface area contributed by atoms with Crippen LogP contribution in [0.25, 0.3) is 0 Å². The Morgan fingerprint density at radius 3 is 2.29 bits per heavy atom. The van der Waals surface area contributed by atoms with Gasteiger partial charge in [0.1, 0.15) is 11.5 Å². The van der Waals surface area contributed by atoms with E-state index in [4.69, 9.17) is 16.3 Å². The first-order valence-corrected chi connectivity index (χ1v) is 7.49. The maximum absolute atomic E-state index is 6.18. The molecule has 0 aliphatic rings. The van der Waals surface area contributed by atoms with Crippen molar-refractivity contribution in [3.05, 3.63) is 58.6 Å². The van der Waals surface area contributed by atoms with Crippen molar-refractivity contribution in [2.24, 2.45) is 0 Å². The third kappa shape index (κ3) is 5.07. The minimum atomic E-state index is 0.116. The lowest BCUT2D eigenvalue weighted by atomic mass is 10.1. The summed E-state index contributed by atoms with van der Waals surface area (Å²) >= 11 is 6.18. The van der Waals surface area contributed by atoms with Crippen LogP contribution in [-0.4, -0.2) is 5.54 Å². The molecular formula is C18H22ClNO. The van der Waals surface area contributed by atoms with Gasteiger partial charge in [0.15, 0.2) is 0 Å². The van der Waals surface area contributed by atoms with Gasteiger partial charge in [-0.15, -0.1) is 0 Å². The number of hydrogen-bond acceptors (Lipinski definition) is 2. The first kappa shape index (κ1) is 15.9. The van der Waals surface area contributed by atoms with E-state index in [1.807, 2.05) is 37.3 Å². The van der Waals surface area contributed by atoms with Crippen LogP contribution >= 0.6 is 11.6 Å². The second kappa shape index (κ2) is 6.50. The molecule has 3 heteroatoms. The highest BCUT2D eigenvalue weighted by molar-refractivity contribution is 6.32. The summed E-state index contributed by atoms with van der Waals surface area (Å²) in [5.41, 5.74) is 2.47. The molecule has 0 spiro atoms. The van der Waals surface area contributed by atoms with Crippen molar-refractivity contribution < 1.29 is 4.74 Å². The molecule has 2 nitrogen and oxygen atoms in total. The molecule has 0 heterocycles. The normalized spacial score (nSPS) is 11.5. The molecule has 21 heavy (non-hydrogen) atoms. The van der Waals surface area contributed by atoms with Gasteiger partial charge in [-0.25, -0.2) is 0 Å². The molecule has 1 N–H and O–H groups in total. The molecule has 0 amide bonds. The van der Waals surface area contributed by atoms with Crippen molar-refractivity contribution in [2.45, 2.75) is 39.8 Å². The summed E-state index contributed by atoms with van der Waals surface area (Å²) in [5.74, 6) is 1.48. The Morgan fingerprint density at radius 1 is 1.05 bits per heavy atom. The van der Waals surface area contributed by atoms with Crippen LogP contribution in [0.2, 0.25) is 5.02 Å². The molecule has 0 saturated carbocycles. The van der Waals surface area contributed by atoms with E-state index < -0.39 is 0 Å². The van der Waals surface area contributed by atoms with Gasteiger partial charge in [-0.2, -0.15) is 0 Å². The molecule has 0 radical (unpaired) electrons. The zero-order chi connectivity index (χ0) is 15.5. The molecule has 0 saturated heterocycles. The first-order valence-electron chi connectivity index (χ1n) is 7.11. The third-order valence-electron chi connectivity index (χ3n) is 3.06. The summed E-state index contributed by atoms with van der Waals surface area (Å²) in [6, 6.07) is 13.9. The van der Waals surface area contributed by atoms with Gasteiger partial charge < -0.3 is 10.1 Å². The van der Waals surface area contributed by atoms with Gasteiger partial charge in [0.05, 0.1) is 5.02 Å². The number of aryl methyl sites for hydroxylation is 1. The summed E-state index contributed by atoms with van der Waals surface area (Å²) in [4.78, 5) is 0. The smallest absolute Gasteiger partial charge is 0.146 e. The van der Waals surface area contributed by atoms with Crippen LogP contribution < -0.4 is 10.1 Å². The van der Waals surface area contributed by atoms with E-state index in [2.05, 4.69) is 38.2 Å². The maximum Gasteiger partial charge on any atom is 0.146 e. The molecule has 0 fully saturated rings. The zero-order valence-electron chi connectivity index (χ0n) is 13.0. The topological polar surface area (TPSA) is 21.3 Å². The number of ether oxygens (including phenoxy) is 1. The molecule has 0 unspecified atom stereocenters. The predicted octanol–water partition coefficient (Wildman–Crippen LogP) is 5.33. The Labute approximate surface area is 132 Å². The minimum Gasteiger partial charge on any atom is -0.456 e. The van der Waals surface area contributed by atoms with Crippen LogP contribution in [0.4, 0.5) is 0 Å². The van der Waals surface area contributed by atoms with Gasteiger partial charge >= 0.3 is 0 Å². The lowest BCUT2D eigenvalue weighted by Gasteiger charge is -2.20. The monoisotopic (exact) mass is 303 g/mol. The third-order valence-corrected chi connectivity index (χ3v) is 3.36. The van der Waals surface area contributed by atoms with E-state index in [0.29, 0.717) is 10.8 Å². The lowest BCUT2D eigenvalue weighted by Crippen LogP contribution is -2.34. The quantitative estimate of drug-likeness (QED) is 0.824. The van der Waals surface area contributed by atoms with Crippen LogP contribution in [0.3, 0.4) is 0 Å². The van der Waals surface area contributed by atoms with E-state index in [-0.39, 0.29) is 5.54 Å². The second-order valence-electron chi connectivity index (χ2n) is 6.28. The molecule has 112 valence electrons. The average molecular weight is 304 g/mol. The molecule has 2 aromatic rings. The largest absolute Gasteiger partial charge is 0.456 e. The number of rotatable bonds is 4. The standard InChI is InChI=1S/C18H22ClNO/c1-13-5-10-17(16(19)11-13)21-15-8-6-14(7-9-15)12-20-18(2,3)4/h5-11,20H,12H2,1-4H3. The van der Waals surface area contributed by atoms with Crippen LogP contribution in [0.5, 0.6) is 11.5 Å². The molecule has 2 rings (SSSR count). The highest BCUT2D eigenvalue weighted by Crippen LogP contribution is 2.30. The average Bonchev–Trinajstić information content (AvgIpc) is 2.40. The lowest BCUT2D eigenvalue weighted by molar-refractivity contribution is 0.424. The Balaban J connectivity index is 2.02. The fourth-order valence-electron chi connectivity index (χ4n) is 1.86. The summed E-state index contributed by atoms with van der Waals surface area (Å²) in [6.45, 7) is 9.32. The minimum absolute atomic E-state index is 0.116. The van der Waals surface area contributed by atoms with E-state index in [1.54, 1.807) is 0 Å². The Hall–Kier alpha value is -1.51. The van der Waals surface area contributed by atoms with Crippen LogP contribution in [0, 0.1) is 6.92 Å². The second-order valence-corrected chi connectivity index (χ2v) is 6.69. The van der Waals surface area contributed by atoms with Gasteiger partial charge in [-0.05, 0) is 63.1 Å². The number of nitrogens with one attached hydrogen (secondary N) is 1. The van der Waals surface area contributed by atoms with E-state index in [0.717, 1.165) is 17.9 Å². The molecule has 0 aromatic heterocycles. The summed E-state index contributed by atoms with van der Waals surface area (Å²) in [5, 5.41) is 4.09. The maximum atomic E-state index is 6.18. The van der Waals surface area contributed by atoms with Crippen molar-refractivity contribution in [1.29, 1.82) is 0 Å². The highest BCUT2D eigenvalue weighted by Gasteiger charge is 2.08. The first-order chi connectivity index (χ1) is 9.83. The highest BCUT2D eigenvalue weighted by atomic mass is 35.5. The van der Waals surface area contributed by atoms with Gasteiger partial charge in [0.2, 0.25) is 0 Å². The summed E-state index contributed by atoms with van der Waals surface area (Å²) in [6.07, 6.45) is 0. The molecule has 2 aromatic carbocycles. The number of hydrogen-bond donors (Lipinski definition) is 1. The van der Waals surface area contributed by atoms with Crippen LogP contribution in [0.15, 0.2) is 42.5 Å². The predicted molar refractivity (Wildman–Crippen MR) is 89.3 cm³/mol. The molecule has 0 bridgehead atoms. The van der Waals surface area contributed by atoms with E-state index >= 15 is 0 Å². The Bertz CT molecular complexity index is 600. The summed E-state index contributed by atoms with van der Waals surface area (Å²) < 4.78 is 5.81. The van der Waals surface area contributed by atoms with E-state index in [9.17, 15) is 0 Å². The molecule has 0 aliphatic heterocycles. The van der Waals surface area contributed by atoms with Crippen molar-refractivity contribution in [3.8, 4) is 11.5 Å². The molecular weight excluding hydrogens is 282 g/mol. The molecule has 0 aliphatic carbocycles. The number of benzene rings is 2. The van der Waals surface area contributed by atoms with Gasteiger partial charge in [0.25, 0.3) is 0 Å². The fourth-order valence-corrected chi connectivity index (χ4v) is 2.13. The van der Waals surface area contributed by atoms with Crippen molar-refractivity contribution in [3.63, 3.8) is 0 Å². The van der Waals surface area contributed by atoms with Crippen LogP contribution in [-0.2, 0) is 6.54 Å². The zero-order valence-corrected chi connectivity index (χ0v) is 13.8. The van der Waals surface area contributed by atoms with Crippen molar-refractivity contribution in [1.82, 2.24) is 5.32 Å². The van der Waals surface area contributed by atoms with Gasteiger partial charge in [-0.3, -0.25) is 0 Å². The van der Waals surface area contributed by atoms with Crippen LogP contribution in [0.1, 0.15) is 31.9 Å². The number of halogens is 1. The summed E-state index contributed by atoms with van der Waals surface area (Å²) in [7, 11) is 0.